The first-order valence-electron chi connectivity index (χ1n) is 9.28. The summed E-state index contributed by atoms with van der Waals surface area (Å²) in [4.78, 5) is 15.2. The van der Waals surface area contributed by atoms with Crippen LogP contribution >= 0.6 is 0 Å². The van der Waals surface area contributed by atoms with Gasteiger partial charge in [-0.3, -0.25) is 9.69 Å². The molecular formula is C23H21N3O2. The smallest absolute Gasteiger partial charge is 0.205 e. The van der Waals surface area contributed by atoms with Crippen molar-refractivity contribution in [3.8, 4) is 6.07 Å². The summed E-state index contributed by atoms with van der Waals surface area (Å²) in [7, 11) is 0. The molecule has 0 radical (unpaired) electrons. The lowest BCUT2D eigenvalue weighted by atomic mass is 9.79. The highest BCUT2D eigenvalue weighted by molar-refractivity contribution is 6.01. The van der Waals surface area contributed by atoms with Gasteiger partial charge in [-0.1, -0.05) is 60.7 Å². The minimum atomic E-state index is -0.475. The maximum atomic E-state index is 13.2. The molecule has 0 amide bonds. The molecule has 0 unspecified atom stereocenters. The van der Waals surface area contributed by atoms with Gasteiger partial charge in [0.25, 0.3) is 0 Å². The van der Waals surface area contributed by atoms with Crippen LogP contribution in [0.25, 0.3) is 0 Å². The number of rotatable bonds is 3. The second-order valence-electron chi connectivity index (χ2n) is 7.09. The van der Waals surface area contributed by atoms with Crippen LogP contribution < -0.4 is 5.73 Å². The van der Waals surface area contributed by atoms with Gasteiger partial charge < -0.3 is 10.5 Å². The van der Waals surface area contributed by atoms with Crippen molar-refractivity contribution in [2.45, 2.75) is 18.9 Å². The van der Waals surface area contributed by atoms with Gasteiger partial charge in [0.1, 0.15) is 17.4 Å². The average molecular weight is 371 g/mol. The highest BCUT2D eigenvalue weighted by Gasteiger charge is 2.40. The second kappa shape index (κ2) is 7.34. The van der Waals surface area contributed by atoms with E-state index in [2.05, 4.69) is 30.0 Å². The first-order valence-corrected chi connectivity index (χ1v) is 9.28. The maximum Gasteiger partial charge on any atom is 0.205 e. The highest BCUT2D eigenvalue weighted by Crippen LogP contribution is 2.42. The molecule has 0 spiro atoms. The van der Waals surface area contributed by atoms with Crippen LogP contribution in [0, 0.1) is 11.3 Å². The van der Waals surface area contributed by atoms with Crippen molar-refractivity contribution in [1.82, 2.24) is 4.90 Å². The van der Waals surface area contributed by atoms with Gasteiger partial charge in [0.05, 0.1) is 19.0 Å². The lowest BCUT2D eigenvalue weighted by Gasteiger charge is -2.38. The van der Waals surface area contributed by atoms with E-state index in [0.29, 0.717) is 23.5 Å². The van der Waals surface area contributed by atoms with E-state index in [1.807, 2.05) is 48.5 Å². The number of nitrogens with zero attached hydrogens (tertiary/aromatic N) is 2. The van der Waals surface area contributed by atoms with Crippen molar-refractivity contribution in [2.75, 3.05) is 13.1 Å². The second-order valence-corrected chi connectivity index (χ2v) is 7.09. The van der Waals surface area contributed by atoms with E-state index in [4.69, 9.17) is 10.5 Å². The summed E-state index contributed by atoms with van der Waals surface area (Å²) < 4.78 is 5.78. The summed E-state index contributed by atoms with van der Waals surface area (Å²) in [5.41, 5.74) is 8.92. The molecule has 2 N–H and O–H groups in total. The molecular weight excluding hydrogens is 350 g/mol. The monoisotopic (exact) mass is 371 g/mol. The summed E-state index contributed by atoms with van der Waals surface area (Å²) in [6, 6.07) is 21.8. The third-order valence-electron chi connectivity index (χ3n) is 5.45. The topological polar surface area (TPSA) is 79.3 Å². The molecule has 28 heavy (non-hydrogen) atoms. The molecule has 0 fully saturated rings. The molecule has 0 bridgehead atoms. The first-order chi connectivity index (χ1) is 13.6. The van der Waals surface area contributed by atoms with E-state index >= 15 is 0 Å². The number of carbonyl (C=O) groups excluding carboxylic acids is 1. The zero-order chi connectivity index (χ0) is 19.7. The van der Waals surface area contributed by atoms with E-state index in [1.165, 1.54) is 0 Å². The first kappa shape index (κ1) is 18.0. The largest absolute Gasteiger partial charge is 0.443 e. The van der Waals surface area contributed by atoms with Crippen molar-refractivity contribution in [2.24, 2.45) is 5.73 Å². The molecule has 0 saturated heterocycles. The summed E-state index contributed by atoms with van der Waals surface area (Å²) in [5, 5.41) is 9.65. The maximum absolute atomic E-state index is 13.2. The van der Waals surface area contributed by atoms with Gasteiger partial charge in [-0.2, -0.15) is 5.26 Å². The molecule has 2 aliphatic heterocycles. The van der Waals surface area contributed by atoms with Crippen LogP contribution in [-0.4, -0.2) is 23.8 Å². The van der Waals surface area contributed by atoms with Gasteiger partial charge in [-0.05, 0) is 18.1 Å². The standard InChI is InChI=1S/C23H21N3O2/c1-15(16-8-4-2-5-9-16)26-13-19(27)22-20(14-26)28-23(25)18(12-24)21(22)17-10-6-3-7-11-17/h2-11,15,21H,13-14,25H2,1H3/t15-,21+/m0/s1. The Morgan fingerprint density at radius 3 is 2.39 bits per heavy atom. The number of nitrogens with two attached hydrogens (primary N) is 1. The molecule has 2 aliphatic rings. The van der Waals surface area contributed by atoms with Crippen LogP contribution in [0.15, 0.2) is 83.5 Å². The van der Waals surface area contributed by atoms with Gasteiger partial charge >= 0.3 is 0 Å². The Hall–Kier alpha value is -3.36. The van der Waals surface area contributed by atoms with Crippen LogP contribution in [0.1, 0.15) is 30.0 Å². The fourth-order valence-electron chi connectivity index (χ4n) is 3.95. The molecule has 5 nitrogen and oxygen atoms in total. The fourth-order valence-corrected chi connectivity index (χ4v) is 3.95. The zero-order valence-corrected chi connectivity index (χ0v) is 15.6. The highest BCUT2D eigenvalue weighted by atomic mass is 16.5. The number of hydrogen-bond acceptors (Lipinski definition) is 5. The lowest BCUT2D eigenvalue weighted by Crippen LogP contribution is -2.43. The minimum absolute atomic E-state index is 0.0295. The number of ether oxygens (including phenoxy) is 1. The molecule has 0 saturated carbocycles. The molecule has 2 heterocycles. The van der Waals surface area contributed by atoms with Crippen LogP contribution in [0.4, 0.5) is 0 Å². The van der Waals surface area contributed by atoms with Crippen molar-refractivity contribution >= 4 is 5.78 Å². The van der Waals surface area contributed by atoms with Gasteiger partial charge in [0.15, 0.2) is 5.78 Å². The fraction of sp³-hybridized carbons (Fsp3) is 0.217. The van der Waals surface area contributed by atoms with Crippen molar-refractivity contribution in [3.05, 3.63) is 94.6 Å². The van der Waals surface area contributed by atoms with E-state index < -0.39 is 5.92 Å². The molecule has 5 heteroatoms. The number of benzene rings is 2. The van der Waals surface area contributed by atoms with E-state index in [-0.39, 0.29) is 24.3 Å². The predicted molar refractivity (Wildman–Crippen MR) is 106 cm³/mol. The lowest BCUT2D eigenvalue weighted by molar-refractivity contribution is -0.118. The minimum Gasteiger partial charge on any atom is -0.443 e. The quantitative estimate of drug-likeness (QED) is 0.895. The molecule has 0 aromatic heterocycles. The molecule has 140 valence electrons. The van der Waals surface area contributed by atoms with Gasteiger partial charge in [-0.15, -0.1) is 0 Å². The Balaban J connectivity index is 1.73. The molecule has 2 atom stereocenters. The Morgan fingerprint density at radius 2 is 1.75 bits per heavy atom. The summed E-state index contributed by atoms with van der Waals surface area (Å²) in [6.07, 6.45) is 0. The number of allylic oxidation sites excluding steroid dienone is 1. The molecule has 2 aromatic carbocycles. The summed E-state index contributed by atoms with van der Waals surface area (Å²) >= 11 is 0. The van der Waals surface area contributed by atoms with E-state index in [1.54, 1.807) is 0 Å². The number of Topliss-reactive ketones (excluding diaryl/α,β-unsaturated/α-hetero) is 1. The van der Waals surface area contributed by atoms with Crippen molar-refractivity contribution < 1.29 is 9.53 Å². The van der Waals surface area contributed by atoms with Gasteiger partial charge in [0, 0.05) is 11.6 Å². The van der Waals surface area contributed by atoms with Crippen LogP contribution in [0.5, 0.6) is 0 Å². The SMILES string of the molecule is C[C@@H](c1ccccc1)N1CC(=O)C2=C(C1)OC(N)=C(C#N)[C@H]2c1ccccc1. The van der Waals surface area contributed by atoms with E-state index in [0.717, 1.165) is 11.1 Å². The summed E-state index contributed by atoms with van der Waals surface area (Å²) in [5.74, 6) is 0.122. The Bertz CT molecular complexity index is 1000. The van der Waals surface area contributed by atoms with Crippen LogP contribution in [0.2, 0.25) is 0 Å². The van der Waals surface area contributed by atoms with E-state index in [9.17, 15) is 10.1 Å². The third kappa shape index (κ3) is 3.08. The number of nitriles is 1. The Morgan fingerprint density at radius 1 is 1.11 bits per heavy atom. The van der Waals surface area contributed by atoms with Gasteiger partial charge in [-0.25, -0.2) is 0 Å². The third-order valence-corrected chi connectivity index (χ3v) is 5.45. The predicted octanol–water partition coefficient (Wildman–Crippen LogP) is 3.39. The van der Waals surface area contributed by atoms with Gasteiger partial charge in [0.2, 0.25) is 5.88 Å². The molecule has 2 aromatic rings. The zero-order valence-electron chi connectivity index (χ0n) is 15.6. The van der Waals surface area contributed by atoms with Crippen molar-refractivity contribution in [1.29, 1.82) is 5.26 Å². The average Bonchev–Trinajstić information content (AvgIpc) is 2.73. The Labute approximate surface area is 164 Å². The number of hydrogen-bond donors (Lipinski definition) is 1. The van der Waals surface area contributed by atoms with Crippen LogP contribution in [-0.2, 0) is 9.53 Å². The molecule has 4 rings (SSSR count). The number of ketones is 1. The van der Waals surface area contributed by atoms with Crippen LogP contribution in [0.3, 0.4) is 0 Å². The van der Waals surface area contributed by atoms with Crippen molar-refractivity contribution in [3.63, 3.8) is 0 Å². The summed E-state index contributed by atoms with van der Waals surface area (Å²) in [6.45, 7) is 2.83. The molecule has 0 aliphatic carbocycles. The number of carbonyl (C=O) groups is 1. The normalized spacial score (nSPS) is 21.0. The Kier molecular flexibility index (Phi) is 4.72.